The minimum Gasteiger partial charge on any atom is -0.497 e. The molecule has 0 unspecified atom stereocenters. The molecule has 3 rings (SSSR count). The largest absolute Gasteiger partial charge is 0.497 e. The summed E-state index contributed by atoms with van der Waals surface area (Å²) in [6, 6.07) is 14.9. The molecular weight excluding hydrogens is 442 g/mol. The van der Waals surface area contributed by atoms with Crippen molar-refractivity contribution in [3.05, 3.63) is 78.4 Å². The number of carbonyl (C=O) groups excluding carboxylic acids is 1. The van der Waals surface area contributed by atoms with Gasteiger partial charge in [-0.15, -0.1) is 0 Å². The molecule has 0 bridgehead atoms. The Kier molecular flexibility index (Phi) is 6.94. The quantitative estimate of drug-likeness (QED) is 0.550. The number of halogens is 2. The zero-order chi connectivity index (χ0) is 23.3. The van der Waals surface area contributed by atoms with Crippen LogP contribution in [0.5, 0.6) is 11.5 Å². The molecule has 3 aromatic carbocycles. The SMILES string of the molecule is COc1ccc(S(=O)(=O)N(CC(=O)Nc2c(F)cccc2F)c2ccccc2OC)cc1. The average Bonchev–Trinajstić information content (AvgIpc) is 2.80. The van der Waals surface area contributed by atoms with E-state index in [1.54, 1.807) is 12.1 Å². The molecule has 10 heteroatoms. The van der Waals surface area contributed by atoms with Gasteiger partial charge in [-0.2, -0.15) is 0 Å². The maximum Gasteiger partial charge on any atom is 0.264 e. The van der Waals surface area contributed by atoms with E-state index in [9.17, 15) is 22.0 Å². The van der Waals surface area contributed by atoms with Gasteiger partial charge in [0.05, 0.1) is 24.8 Å². The van der Waals surface area contributed by atoms with Gasteiger partial charge < -0.3 is 14.8 Å². The first-order valence-electron chi connectivity index (χ1n) is 9.31. The van der Waals surface area contributed by atoms with Gasteiger partial charge in [0, 0.05) is 0 Å². The van der Waals surface area contributed by atoms with Crippen molar-refractivity contribution in [2.75, 3.05) is 30.4 Å². The Balaban J connectivity index is 2.02. The van der Waals surface area contributed by atoms with E-state index >= 15 is 0 Å². The second-order valence-electron chi connectivity index (χ2n) is 6.50. The van der Waals surface area contributed by atoms with Gasteiger partial charge in [-0.05, 0) is 48.5 Å². The number of carbonyl (C=O) groups is 1. The number of benzene rings is 3. The number of sulfonamides is 1. The molecule has 7 nitrogen and oxygen atoms in total. The number of para-hydroxylation sites is 3. The molecule has 0 aliphatic carbocycles. The fourth-order valence-electron chi connectivity index (χ4n) is 2.94. The van der Waals surface area contributed by atoms with Crippen molar-refractivity contribution in [1.82, 2.24) is 0 Å². The Labute approximate surface area is 184 Å². The standard InChI is InChI=1S/C22H20F2N2O5S/c1-30-15-10-12-16(13-11-15)32(28,29)26(19-8-3-4-9-20(19)31-2)14-21(27)25-22-17(23)6-5-7-18(22)24/h3-13H,14H2,1-2H3,(H,25,27). The molecular formula is C22H20F2N2O5S. The van der Waals surface area contributed by atoms with Crippen molar-refractivity contribution < 1.29 is 31.5 Å². The number of ether oxygens (including phenoxy) is 2. The van der Waals surface area contributed by atoms with E-state index in [4.69, 9.17) is 9.47 Å². The predicted molar refractivity (Wildman–Crippen MR) is 116 cm³/mol. The molecule has 0 aromatic heterocycles. The van der Waals surface area contributed by atoms with Crippen molar-refractivity contribution in [2.24, 2.45) is 0 Å². The van der Waals surface area contributed by atoms with Crippen molar-refractivity contribution in [3.63, 3.8) is 0 Å². The lowest BCUT2D eigenvalue weighted by molar-refractivity contribution is -0.114. The highest BCUT2D eigenvalue weighted by Gasteiger charge is 2.30. The molecule has 0 atom stereocenters. The zero-order valence-electron chi connectivity index (χ0n) is 17.2. The number of hydrogen-bond donors (Lipinski definition) is 1. The van der Waals surface area contributed by atoms with Crippen LogP contribution >= 0.6 is 0 Å². The van der Waals surface area contributed by atoms with Gasteiger partial charge in [-0.1, -0.05) is 18.2 Å². The molecule has 0 heterocycles. The first kappa shape index (κ1) is 23.0. The third-order valence-electron chi connectivity index (χ3n) is 4.52. The summed E-state index contributed by atoms with van der Waals surface area (Å²) >= 11 is 0. The molecule has 0 saturated heterocycles. The maximum absolute atomic E-state index is 13.9. The van der Waals surface area contributed by atoms with E-state index in [1.165, 1.54) is 50.6 Å². The van der Waals surface area contributed by atoms with Crippen molar-refractivity contribution in [2.45, 2.75) is 4.90 Å². The van der Waals surface area contributed by atoms with Gasteiger partial charge in [0.25, 0.3) is 10.0 Å². The van der Waals surface area contributed by atoms with E-state index < -0.39 is 39.8 Å². The van der Waals surface area contributed by atoms with Crippen LogP contribution in [0.15, 0.2) is 71.6 Å². The van der Waals surface area contributed by atoms with E-state index in [1.807, 2.05) is 0 Å². The Bertz CT molecular complexity index is 1200. The third-order valence-corrected chi connectivity index (χ3v) is 6.29. The highest BCUT2D eigenvalue weighted by Crippen LogP contribution is 2.32. The second kappa shape index (κ2) is 9.65. The second-order valence-corrected chi connectivity index (χ2v) is 8.37. The lowest BCUT2D eigenvalue weighted by Gasteiger charge is -2.25. The summed E-state index contributed by atoms with van der Waals surface area (Å²) in [6.07, 6.45) is 0. The fraction of sp³-hybridized carbons (Fsp3) is 0.136. The first-order chi connectivity index (χ1) is 15.3. The molecule has 0 aliphatic rings. The minimum absolute atomic E-state index is 0.0787. The van der Waals surface area contributed by atoms with Crippen LogP contribution in [0, 0.1) is 11.6 Å². The van der Waals surface area contributed by atoms with Crippen LogP contribution in [0.25, 0.3) is 0 Å². The van der Waals surface area contributed by atoms with Crippen molar-refractivity contribution in [3.8, 4) is 11.5 Å². The van der Waals surface area contributed by atoms with Gasteiger partial charge in [0.2, 0.25) is 5.91 Å². The van der Waals surface area contributed by atoms with Crippen LogP contribution in [0.2, 0.25) is 0 Å². The van der Waals surface area contributed by atoms with Crippen LogP contribution < -0.4 is 19.1 Å². The van der Waals surface area contributed by atoms with Crippen molar-refractivity contribution in [1.29, 1.82) is 0 Å². The smallest absolute Gasteiger partial charge is 0.264 e. The summed E-state index contributed by atoms with van der Waals surface area (Å²) in [4.78, 5) is 12.6. The predicted octanol–water partition coefficient (Wildman–Crippen LogP) is 3.82. The van der Waals surface area contributed by atoms with E-state index in [-0.39, 0.29) is 16.3 Å². The molecule has 0 radical (unpaired) electrons. The van der Waals surface area contributed by atoms with Gasteiger partial charge in [0.15, 0.2) is 0 Å². The Morgan fingerprint density at radius 2 is 1.53 bits per heavy atom. The average molecular weight is 462 g/mol. The van der Waals surface area contributed by atoms with E-state index in [0.29, 0.717) is 5.75 Å². The number of rotatable bonds is 8. The minimum atomic E-state index is -4.27. The van der Waals surface area contributed by atoms with E-state index in [2.05, 4.69) is 5.32 Å². The lowest BCUT2D eigenvalue weighted by Crippen LogP contribution is -2.38. The Morgan fingerprint density at radius 1 is 0.906 bits per heavy atom. The molecule has 0 spiro atoms. The van der Waals surface area contributed by atoms with Gasteiger partial charge in [-0.25, -0.2) is 17.2 Å². The van der Waals surface area contributed by atoms with Crippen LogP contribution in [-0.2, 0) is 14.8 Å². The summed E-state index contributed by atoms with van der Waals surface area (Å²) in [7, 11) is -1.48. The van der Waals surface area contributed by atoms with Crippen LogP contribution in [0.1, 0.15) is 0 Å². The molecule has 0 saturated carbocycles. The summed E-state index contributed by atoms with van der Waals surface area (Å²) in [6.45, 7) is -0.761. The summed E-state index contributed by atoms with van der Waals surface area (Å²) in [5.41, 5.74) is -0.589. The lowest BCUT2D eigenvalue weighted by atomic mass is 10.2. The van der Waals surface area contributed by atoms with Crippen LogP contribution in [-0.4, -0.2) is 35.1 Å². The van der Waals surface area contributed by atoms with Crippen LogP contribution in [0.3, 0.4) is 0 Å². The fourth-order valence-corrected chi connectivity index (χ4v) is 4.37. The monoisotopic (exact) mass is 462 g/mol. The third kappa shape index (κ3) is 4.80. The topological polar surface area (TPSA) is 84.9 Å². The summed E-state index contributed by atoms with van der Waals surface area (Å²) < 4.78 is 65.8. The Morgan fingerprint density at radius 3 is 2.12 bits per heavy atom. The maximum atomic E-state index is 13.9. The van der Waals surface area contributed by atoms with Gasteiger partial charge in [-0.3, -0.25) is 9.10 Å². The van der Waals surface area contributed by atoms with Gasteiger partial charge in [0.1, 0.15) is 35.4 Å². The van der Waals surface area contributed by atoms with E-state index in [0.717, 1.165) is 22.5 Å². The number of methoxy groups -OCH3 is 2. The highest BCUT2D eigenvalue weighted by molar-refractivity contribution is 7.92. The number of nitrogens with one attached hydrogen (secondary N) is 1. The zero-order valence-corrected chi connectivity index (χ0v) is 18.0. The molecule has 32 heavy (non-hydrogen) atoms. The number of nitrogens with zero attached hydrogens (tertiary/aromatic N) is 1. The Hall–Kier alpha value is -3.66. The number of hydrogen-bond acceptors (Lipinski definition) is 5. The highest BCUT2D eigenvalue weighted by atomic mass is 32.2. The molecule has 1 N–H and O–H groups in total. The van der Waals surface area contributed by atoms with Crippen molar-refractivity contribution >= 4 is 27.3 Å². The van der Waals surface area contributed by atoms with Crippen LogP contribution in [0.4, 0.5) is 20.2 Å². The van der Waals surface area contributed by atoms with Gasteiger partial charge >= 0.3 is 0 Å². The molecule has 1 amide bonds. The number of anilines is 2. The molecule has 0 fully saturated rings. The molecule has 3 aromatic rings. The molecule has 0 aliphatic heterocycles. The number of amides is 1. The normalized spacial score (nSPS) is 11.0. The summed E-state index contributed by atoms with van der Waals surface area (Å²) in [5.74, 6) is -2.28. The summed E-state index contributed by atoms with van der Waals surface area (Å²) in [5, 5.41) is 2.10. The molecule has 168 valence electrons. The first-order valence-corrected chi connectivity index (χ1v) is 10.8.